The van der Waals surface area contributed by atoms with Crippen molar-refractivity contribution >= 4 is 76.0 Å². The van der Waals surface area contributed by atoms with E-state index in [0.29, 0.717) is 0 Å². The predicted octanol–water partition coefficient (Wildman–Crippen LogP) is 9.32. The molecule has 6 heteroatoms. The fourth-order valence-corrected chi connectivity index (χ4v) is 10.8. The maximum atomic E-state index is 7.26. The zero-order chi connectivity index (χ0) is 31.2. The van der Waals surface area contributed by atoms with Gasteiger partial charge in [0.2, 0.25) is 0 Å². The monoisotopic (exact) mass is 795 g/mol. The number of ether oxygens (including phenoxy) is 1. The van der Waals surface area contributed by atoms with Crippen LogP contribution in [0.1, 0.15) is 25.0 Å². The van der Waals surface area contributed by atoms with Gasteiger partial charge in [-0.15, -0.1) is 0 Å². The fraction of sp³-hybridized carbons (Fsp3) is 0.0769. The number of fused-ring (bicyclic) bond motifs is 2. The number of hydrogen-bond acceptors (Lipinski definition) is 1. The standard InChI is InChI=1S/C39H32OP2.2BrH.Co/c1-39(2)33-25-15-27-35(41(29-17-7-3-8-18-29)30-19-9-4-10-20-30)37(33)40-38-34(39)26-16-28-36(38)42(31-21-11-5-12-22-31)32-23-13-6-14-24-32;;;/h3-28H,1-2H3;2*1H;/q;;;+2/p-2. The molecule has 0 fully saturated rings. The molecule has 0 saturated carbocycles. The van der Waals surface area contributed by atoms with Crippen molar-refractivity contribution in [3.05, 3.63) is 169 Å². The van der Waals surface area contributed by atoms with E-state index in [-0.39, 0.29) is 5.41 Å². The predicted molar refractivity (Wildman–Crippen MR) is 200 cm³/mol. The van der Waals surface area contributed by atoms with Crippen LogP contribution in [-0.4, -0.2) is 0 Å². The van der Waals surface area contributed by atoms with E-state index in [0.717, 1.165) is 22.6 Å². The molecule has 45 heavy (non-hydrogen) atoms. The molecule has 7 rings (SSSR count). The van der Waals surface area contributed by atoms with Crippen molar-refractivity contribution in [2.45, 2.75) is 19.3 Å². The average molecular weight is 797 g/mol. The SMILES string of the molecule is CC1(C)c2cccc(P(c3ccccc3)c3ccccc3)c2Oc2c(P(c3ccccc3)c3ccccc3)cccc21.[Br][Co][Br]. The molecule has 0 unspecified atom stereocenters. The minimum absolute atomic E-state index is 0.225. The average Bonchev–Trinajstić information content (AvgIpc) is 3.08. The van der Waals surface area contributed by atoms with Gasteiger partial charge in [0.15, 0.2) is 0 Å². The zero-order valence-electron chi connectivity index (χ0n) is 24.9. The number of para-hydroxylation sites is 2. The molecule has 0 atom stereocenters. The van der Waals surface area contributed by atoms with E-state index in [1.165, 1.54) is 43.0 Å². The summed E-state index contributed by atoms with van der Waals surface area (Å²) in [6.07, 6.45) is 0. The second-order valence-corrected chi connectivity index (χ2v) is 20.7. The summed E-state index contributed by atoms with van der Waals surface area (Å²) in [4.78, 5) is 0. The van der Waals surface area contributed by atoms with Crippen LogP contribution in [0.25, 0.3) is 0 Å². The van der Waals surface area contributed by atoms with Gasteiger partial charge < -0.3 is 4.74 Å². The van der Waals surface area contributed by atoms with Gasteiger partial charge in [0, 0.05) is 27.2 Å². The third-order valence-corrected chi connectivity index (χ3v) is 13.0. The quantitative estimate of drug-likeness (QED) is 0.153. The summed E-state index contributed by atoms with van der Waals surface area (Å²) in [5.74, 6) is 2.02. The molecule has 0 N–H and O–H groups in total. The van der Waals surface area contributed by atoms with E-state index in [4.69, 9.17) is 4.74 Å². The van der Waals surface area contributed by atoms with Gasteiger partial charge in [0.25, 0.3) is 0 Å². The molecule has 1 aliphatic rings. The number of halogens is 2. The zero-order valence-corrected chi connectivity index (χ0v) is 30.9. The van der Waals surface area contributed by atoms with Gasteiger partial charge >= 0.3 is 39.5 Å². The summed E-state index contributed by atoms with van der Waals surface area (Å²) in [5, 5.41) is 7.81. The third kappa shape index (κ3) is 6.79. The molecular formula is C39H32Br2CoOP2. The molecule has 6 aromatic carbocycles. The summed E-state index contributed by atoms with van der Waals surface area (Å²) in [6.45, 7) is 4.70. The molecule has 0 saturated heterocycles. The Balaban J connectivity index is 0.00000115. The molecule has 0 spiro atoms. The van der Waals surface area contributed by atoms with Crippen LogP contribution < -0.4 is 36.6 Å². The molecule has 0 radical (unpaired) electrons. The number of rotatable bonds is 6. The first kappa shape index (κ1) is 32.4. The van der Waals surface area contributed by atoms with Gasteiger partial charge in [0.05, 0.1) is 0 Å². The van der Waals surface area contributed by atoms with Crippen LogP contribution >= 0.6 is 44.2 Å². The van der Waals surface area contributed by atoms with Crippen LogP contribution in [0.15, 0.2) is 158 Å². The van der Waals surface area contributed by atoms with Crippen LogP contribution in [0.2, 0.25) is 0 Å². The van der Waals surface area contributed by atoms with Crippen molar-refractivity contribution in [1.29, 1.82) is 0 Å². The van der Waals surface area contributed by atoms with Crippen molar-refractivity contribution in [2.75, 3.05) is 0 Å². The Kier molecular flexibility index (Phi) is 10.7. The van der Waals surface area contributed by atoms with E-state index < -0.39 is 15.8 Å². The Morgan fingerprint density at radius 3 is 1.02 bits per heavy atom. The molecule has 0 aromatic heterocycles. The van der Waals surface area contributed by atoms with Gasteiger partial charge in [-0.3, -0.25) is 0 Å². The van der Waals surface area contributed by atoms with Crippen LogP contribution in [0.3, 0.4) is 0 Å². The summed E-state index contributed by atoms with van der Waals surface area (Å²) in [5.41, 5.74) is 2.26. The molecule has 0 aliphatic carbocycles. The minimum atomic E-state index is -0.824. The summed E-state index contributed by atoms with van der Waals surface area (Å²) >= 11 is 7.12. The molecule has 1 nitrogen and oxygen atoms in total. The van der Waals surface area contributed by atoms with Crippen molar-refractivity contribution in [3.63, 3.8) is 0 Å². The van der Waals surface area contributed by atoms with E-state index in [1.807, 2.05) is 0 Å². The number of hydrogen-bond donors (Lipinski definition) is 0. The molecule has 0 bridgehead atoms. The first-order valence-corrected chi connectivity index (χ1v) is 22.5. The molecule has 227 valence electrons. The number of benzene rings is 6. The van der Waals surface area contributed by atoms with Crippen molar-refractivity contribution in [3.8, 4) is 11.5 Å². The van der Waals surface area contributed by atoms with Crippen LogP contribution in [0.5, 0.6) is 11.5 Å². The van der Waals surface area contributed by atoms with Gasteiger partial charge in [0.1, 0.15) is 11.5 Å². The Bertz CT molecular complexity index is 1640. The Morgan fingerprint density at radius 1 is 0.444 bits per heavy atom. The van der Waals surface area contributed by atoms with Gasteiger partial charge in [-0.1, -0.05) is 172 Å². The summed E-state index contributed by atoms with van der Waals surface area (Å²) in [7, 11) is -1.65. The summed E-state index contributed by atoms with van der Waals surface area (Å²) < 4.78 is 7.26. The Labute approximate surface area is 289 Å². The van der Waals surface area contributed by atoms with E-state index in [1.54, 1.807) is 0 Å². The second-order valence-electron chi connectivity index (χ2n) is 11.1. The van der Waals surface area contributed by atoms with Crippen molar-refractivity contribution in [1.82, 2.24) is 0 Å². The van der Waals surface area contributed by atoms with Crippen molar-refractivity contribution in [2.24, 2.45) is 0 Å². The Hall–Kier alpha value is -2.55. The fourth-order valence-electron chi connectivity index (χ4n) is 6.01. The molecule has 1 heterocycles. The van der Waals surface area contributed by atoms with Gasteiger partial charge in [-0.25, -0.2) is 0 Å². The first-order valence-electron chi connectivity index (χ1n) is 14.6. The summed E-state index contributed by atoms with van der Waals surface area (Å²) in [6, 6.07) is 57.2. The van der Waals surface area contributed by atoms with E-state index in [9.17, 15) is 0 Å². The van der Waals surface area contributed by atoms with Crippen LogP contribution in [-0.2, 0) is 16.5 Å². The van der Waals surface area contributed by atoms with E-state index in [2.05, 4.69) is 200 Å². The second kappa shape index (κ2) is 14.9. The van der Waals surface area contributed by atoms with Crippen LogP contribution in [0, 0.1) is 0 Å². The Morgan fingerprint density at radius 2 is 0.733 bits per heavy atom. The topological polar surface area (TPSA) is 9.23 Å². The maximum absolute atomic E-state index is 7.26. The first-order chi connectivity index (χ1) is 22.0. The molecular weight excluding hydrogens is 765 g/mol. The van der Waals surface area contributed by atoms with Gasteiger partial charge in [-0.05, 0) is 37.1 Å². The normalized spacial score (nSPS) is 12.9. The third-order valence-electron chi connectivity index (χ3n) is 8.08. The van der Waals surface area contributed by atoms with Crippen molar-refractivity contribution < 1.29 is 15.9 Å². The van der Waals surface area contributed by atoms with Crippen LogP contribution in [0.4, 0.5) is 0 Å². The van der Waals surface area contributed by atoms with E-state index >= 15 is 0 Å². The molecule has 1 aliphatic heterocycles. The molecule has 6 aromatic rings. The molecule has 0 amide bonds. The van der Waals surface area contributed by atoms with Gasteiger partial charge in [-0.2, -0.15) is 0 Å².